The van der Waals surface area contributed by atoms with E-state index >= 15 is 0 Å². The maximum atomic E-state index is 11.7. The van der Waals surface area contributed by atoms with Crippen LogP contribution in [0, 0.1) is 5.92 Å². The highest BCUT2D eigenvalue weighted by Crippen LogP contribution is 2.36. The van der Waals surface area contributed by atoms with Crippen molar-refractivity contribution in [3.63, 3.8) is 0 Å². The van der Waals surface area contributed by atoms with Crippen LogP contribution in [0.1, 0.15) is 38.5 Å². The molecule has 156 valence electrons. The molecule has 2 saturated heterocycles. The maximum Gasteiger partial charge on any atom is 0.308 e. The summed E-state index contributed by atoms with van der Waals surface area (Å²) in [5.41, 5.74) is 0.307. The number of carbonyl (C=O) groups excluding carboxylic acids is 1. The van der Waals surface area contributed by atoms with Crippen LogP contribution in [0.2, 0.25) is 0 Å². The van der Waals surface area contributed by atoms with Gasteiger partial charge in [-0.25, -0.2) is 0 Å². The number of ether oxygens (including phenoxy) is 1. The van der Waals surface area contributed by atoms with Gasteiger partial charge in [0.15, 0.2) is 5.96 Å². The summed E-state index contributed by atoms with van der Waals surface area (Å²) in [5, 5.41) is 3.69. The summed E-state index contributed by atoms with van der Waals surface area (Å²) in [6.45, 7) is 5.16. The third-order valence-electron chi connectivity index (χ3n) is 6.33. The fraction of sp³-hybridized carbons (Fsp3) is 0.895. The van der Waals surface area contributed by atoms with E-state index in [1.807, 2.05) is 7.05 Å². The minimum Gasteiger partial charge on any atom is -0.469 e. The molecule has 1 N–H and O–H groups in total. The number of nitrogens with zero attached hydrogens (tertiary/aromatic N) is 3. The average molecular weight is 510 g/mol. The molecule has 0 aromatic rings. The molecule has 8 heteroatoms. The lowest BCUT2D eigenvalue weighted by Crippen LogP contribution is -2.58. The Labute approximate surface area is 185 Å². The van der Waals surface area contributed by atoms with Gasteiger partial charge in [0, 0.05) is 56.8 Å². The number of carbonyl (C=O) groups is 1. The smallest absolute Gasteiger partial charge is 0.308 e. The number of thioether (sulfide) groups is 1. The molecule has 2 heterocycles. The summed E-state index contributed by atoms with van der Waals surface area (Å²) >= 11 is 2.08. The fourth-order valence-electron chi connectivity index (χ4n) is 4.75. The molecule has 1 aliphatic carbocycles. The zero-order valence-electron chi connectivity index (χ0n) is 16.7. The lowest BCUT2D eigenvalue weighted by molar-refractivity contribution is -0.146. The van der Waals surface area contributed by atoms with Gasteiger partial charge in [-0.15, -0.1) is 24.0 Å². The zero-order valence-corrected chi connectivity index (χ0v) is 19.9. The van der Waals surface area contributed by atoms with Gasteiger partial charge in [-0.2, -0.15) is 11.8 Å². The summed E-state index contributed by atoms with van der Waals surface area (Å²) in [6.07, 6.45) is 6.98. The van der Waals surface area contributed by atoms with Crippen LogP contribution >= 0.6 is 35.7 Å². The van der Waals surface area contributed by atoms with Crippen LogP contribution in [0.4, 0.5) is 0 Å². The van der Waals surface area contributed by atoms with Gasteiger partial charge in [0.05, 0.1) is 13.0 Å². The van der Waals surface area contributed by atoms with E-state index in [0.29, 0.717) is 5.54 Å². The molecule has 2 aliphatic heterocycles. The minimum atomic E-state index is -0.0690. The number of nitrogens with one attached hydrogen (secondary N) is 1. The second-order valence-corrected chi connectivity index (χ2v) is 8.94. The molecule has 3 fully saturated rings. The monoisotopic (exact) mass is 510 g/mol. The normalized spacial score (nSPS) is 24.4. The number of rotatable bonds is 4. The molecular formula is C19H35IN4O2S. The molecule has 27 heavy (non-hydrogen) atoms. The van der Waals surface area contributed by atoms with Crippen molar-refractivity contribution in [3.05, 3.63) is 0 Å². The van der Waals surface area contributed by atoms with Gasteiger partial charge in [0.2, 0.25) is 0 Å². The van der Waals surface area contributed by atoms with Crippen LogP contribution in [-0.4, -0.2) is 85.7 Å². The summed E-state index contributed by atoms with van der Waals surface area (Å²) in [4.78, 5) is 21.3. The third-order valence-corrected chi connectivity index (χ3v) is 7.28. The Hall–Kier alpha value is -0.220. The van der Waals surface area contributed by atoms with Crippen LogP contribution < -0.4 is 5.32 Å². The van der Waals surface area contributed by atoms with E-state index in [-0.39, 0.29) is 35.9 Å². The number of guanidine groups is 1. The molecule has 0 atom stereocenters. The fourth-order valence-corrected chi connectivity index (χ4v) is 5.65. The Balaban J connectivity index is 0.00000261. The number of hydrogen-bond donors (Lipinski definition) is 1. The van der Waals surface area contributed by atoms with Crippen molar-refractivity contribution in [1.29, 1.82) is 0 Å². The predicted octanol–water partition coefficient (Wildman–Crippen LogP) is 2.43. The van der Waals surface area contributed by atoms with Gasteiger partial charge in [-0.1, -0.05) is 12.8 Å². The van der Waals surface area contributed by atoms with Crippen molar-refractivity contribution >= 4 is 47.7 Å². The van der Waals surface area contributed by atoms with E-state index < -0.39 is 0 Å². The molecule has 0 aromatic heterocycles. The van der Waals surface area contributed by atoms with Gasteiger partial charge in [0.25, 0.3) is 0 Å². The van der Waals surface area contributed by atoms with Crippen molar-refractivity contribution in [1.82, 2.24) is 15.1 Å². The second kappa shape index (κ2) is 11.1. The average Bonchev–Trinajstić information content (AvgIpc) is 3.19. The Morgan fingerprint density at radius 2 is 1.81 bits per heavy atom. The molecule has 3 aliphatic rings. The molecule has 3 rings (SSSR count). The van der Waals surface area contributed by atoms with Crippen molar-refractivity contribution < 1.29 is 9.53 Å². The summed E-state index contributed by atoms with van der Waals surface area (Å²) in [7, 11) is 3.35. The highest BCUT2D eigenvalue weighted by Gasteiger charge is 2.40. The summed E-state index contributed by atoms with van der Waals surface area (Å²) in [6, 6.07) is 0. The largest absolute Gasteiger partial charge is 0.469 e. The van der Waals surface area contributed by atoms with Crippen molar-refractivity contribution in [2.24, 2.45) is 10.9 Å². The number of piperidine rings is 1. The molecule has 0 bridgehead atoms. The minimum absolute atomic E-state index is 0. The van der Waals surface area contributed by atoms with Crippen LogP contribution in [0.25, 0.3) is 0 Å². The standard InChI is InChI=1S/C19H34N4O2S.HI/c1-20-18(22-9-5-16(6-10-22)17(24)25-2)21-15-19(7-3-4-8-19)23-11-13-26-14-12-23;/h16H,3-15H2,1-2H3,(H,20,21);1H. The first-order valence-corrected chi connectivity index (χ1v) is 11.2. The van der Waals surface area contributed by atoms with Crippen molar-refractivity contribution in [2.75, 3.05) is 58.4 Å². The highest BCUT2D eigenvalue weighted by molar-refractivity contribution is 14.0. The number of likely N-dealkylation sites (tertiary alicyclic amines) is 1. The number of aliphatic imine (C=N–C) groups is 1. The molecule has 0 radical (unpaired) electrons. The zero-order chi connectivity index (χ0) is 18.4. The van der Waals surface area contributed by atoms with Crippen molar-refractivity contribution in [2.45, 2.75) is 44.1 Å². The molecule has 0 aromatic carbocycles. The van der Waals surface area contributed by atoms with Gasteiger partial charge in [-0.05, 0) is 25.7 Å². The first kappa shape index (κ1) is 23.1. The highest BCUT2D eigenvalue weighted by atomic mass is 127. The molecular weight excluding hydrogens is 475 g/mol. The Bertz CT molecular complexity index is 500. The van der Waals surface area contributed by atoms with E-state index in [9.17, 15) is 4.79 Å². The number of halogens is 1. The van der Waals surface area contributed by atoms with Crippen LogP contribution in [0.3, 0.4) is 0 Å². The summed E-state index contributed by atoms with van der Waals surface area (Å²) in [5.74, 6) is 3.49. The SMILES string of the molecule is CN=C(NCC1(N2CCSCC2)CCCC1)N1CCC(C(=O)OC)CC1.I. The second-order valence-electron chi connectivity index (χ2n) is 7.72. The van der Waals surface area contributed by atoms with Crippen LogP contribution in [-0.2, 0) is 9.53 Å². The van der Waals surface area contributed by atoms with E-state index in [4.69, 9.17) is 4.74 Å². The molecule has 6 nitrogen and oxygen atoms in total. The number of hydrogen-bond acceptors (Lipinski definition) is 5. The molecule has 0 amide bonds. The van der Waals surface area contributed by atoms with Gasteiger partial charge >= 0.3 is 5.97 Å². The van der Waals surface area contributed by atoms with E-state index in [1.165, 1.54) is 57.4 Å². The number of esters is 1. The maximum absolute atomic E-state index is 11.7. The topological polar surface area (TPSA) is 57.2 Å². The van der Waals surface area contributed by atoms with Gasteiger partial charge in [-0.3, -0.25) is 14.7 Å². The quantitative estimate of drug-likeness (QED) is 0.272. The van der Waals surface area contributed by atoms with Gasteiger partial charge in [0.1, 0.15) is 0 Å². The lowest BCUT2D eigenvalue weighted by atomic mass is 9.94. The molecule has 0 unspecified atom stereocenters. The first-order valence-electron chi connectivity index (χ1n) is 10.0. The lowest BCUT2D eigenvalue weighted by Gasteiger charge is -2.44. The predicted molar refractivity (Wildman–Crippen MR) is 123 cm³/mol. The number of methoxy groups -OCH3 is 1. The molecule has 0 spiro atoms. The van der Waals surface area contributed by atoms with Crippen LogP contribution in [0.5, 0.6) is 0 Å². The first-order chi connectivity index (χ1) is 12.7. The Morgan fingerprint density at radius 1 is 1.19 bits per heavy atom. The van der Waals surface area contributed by atoms with E-state index in [0.717, 1.165) is 38.4 Å². The Kier molecular flexibility index (Phi) is 9.47. The van der Waals surface area contributed by atoms with Gasteiger partial charge < -0.3 is 15.0 Å². The Morgan fingerprint density at radius 3 is 2.37 bits per heavy atom. The van der Waals surface area contributed by atoms with Crippen LogP contribution in [0.15, 0.2) is 4.99 Å². The van der Waals surface area contributed by atoms with E-state index in [1.54, 1.807) is 0 Å². The third kappa shape index (κ3) is 5.65. The van der Waals surface area contributed by atoms with Crippen molar-refractivity contribution in [3.8, 4) is 0 Å². The summed E-state index contributed by atoms with van der Waals surface area (Å²) < 4.78 is 4.90. The molecule has 1 saturated carbocycles. The van der Waals surface area contributed by atoms with E-state index in [2.05, 4.69) is 31.9 Å².